The van der Waals surface area contributed by atoms with Crippen molar-refractivity contribution in [3.05, 3.63) is 0 Å². The van der Waals surface area contributed by atoms with E-state index >= 15 is 0 Å². The molecule has 54 valence electrons. The Morgan fingerprint density at radius 1 is 1.44 bits per heavy atom. The second kappa shape index (κ2) is 2.27. The second-order valence-electron chi connectivity index (χ2n) is 3.18. The zero-order valence-electron chi connectivity index (χ0n) is 6.57. The third kappa shape index (κ3) is 1.66. The third-order valence-corrected chi connectivity index (χ3v) is 1.77. The first-order chi connectivity index (χ1) is 4.17. The first-order valence-electron chi connectivity index (χ1n) is 3.72. The van der Waals surface area contributed by atoms with E-state index < -0.39 is 0 Å². The van der Waals surface area contributed by atoms with Crippen LogP contribution in [0.4, 0.5) is 0 Å². The molecule has 1 N–H and O–H groups in total. The molecule has 0 saturated carbocycles. The maximum atomic E-state index is 3.28. The number of hydrogen-bond donors (Lipinski definition) is 1. The lowest BCUT2D eigenvalue weighted by Gasteiger charge is -1.99. The van der Waals surface area contributed by atoms with Crippen molar-refractivity contribution in [2.45, 2.75) is 39.3 Å². The summed E-state index contributed by atoms with van der Waals surface area (Å²) >= 11 is 0. The molecule has 0 bridgehead atoms. The van der Waals surface area contributed by atoms with E-state index in [4.69, 9.17) is 0 Å². The van der Waals surface area contributed by atoms with E-state index in [0.717, 1.165) is 0 Å². The first-order valence-corrected chi connectivity index (χ1v) is 3.72. The summed E-state index contributed by atoms with van der Waals surface area (Å²) in [7, 11) is 0. The zero-order chi connectivity index (χ0) is 6.91. The molecule has 1 rings (SSSR count). The van der Waals surface area contributed by atoms with Crippen molar-refractivity contribution in [1.82, 2.24) is 10.4 Å². The summed E-state index contributed by atoms with van der Waals surface area (Å²) in [5.41, 5.74) is 3.58. The van der Waals surface area contributed by atoms with Gasteiger partial charge in [0.05, 0.1) is 5.66 Å². The lowest BCUT2D eigenvalue weighted by Crippen LogP contribution is -2.09. The highest BCUT2D eigenvalue weighted by atomic mass is 15.8. The van der Waals surface area contributed by atoms with Gasteiger partial charge in [-0.3, -0.25) is 0 Å². The summed E-state index contributed by atoms with van der Waals surface area (Å²) in [5, 5.41) is 2.27. The smallest absolute Gasteiger partial charge is 0.0918 e. The maximum Gasteiger partial charge on any atom is 0.0918 e. The molecule has 2 heteroatoms. The van der Waals surface area contributed by atoms with Gasteiger partial charge in [-0.1, -0.05) is 13.3 Å². The monoisotopic (exact) mass is 128 g/mol. The van der Waals surface area contributed by atoms with Crippen LogP contribution in [0.25, 0.3) is 0 Å². The van der Waals surface area contributed by atoms with E-state index in [1.807, 2.05) is 0 Å². The Labute approximate surface area is 57.2 Å². The molecule has 1 saturated heterocycles. The van der Waals surface area contributed by atoms with Gasteiger partial charge in [0.15, 0.2) is 0 Å². The number of nitrogens with one attached hydrogen (secondary N) is 1. The molecule has 2 nitrogen and oxygen atoms in total. The van der Waals surface area contributed by atoms with Crippen molar-refractivity contribution in [3.63, 3.8) is 0 Å². The lowest BCUT2D eigenvalue weighted by atomic mass is 10.3. The number of nitrogens with zero attached hydrogens (tertiary/aromatic N) is 1. The predicted molar refractivity (Wildman–Crippen MR) is 38.8 cm³/mol. The molecule has 0 aliphatic carbocycles. The summed E-state index contributed by atoms with van der Waals surface area (Å²) in [6.07, 6.45) is 2.59. The molecule has 0 aromatic rings. The molecule has 0 spiro atoms. The van der Waals surface area contributed by atoms with Crippen molar-refractivity contribution in [1.29, 1.82) is 0 Å². The molecular weight excluding hydrogens is 112 g/mol. The average molecular weight is 128 g/mol. The van der Waals surface area contributed by atoms with Crippen LogP contribution in [-0.4, -0.2) is 17.2 Å². The van der Waals surface area contributed by atoms with Crippen LogP contribution < -0.4 is 5.43 Å². The standard InChI is InChI=1S/C7H16N2/c1-4-5-6-9-7(2,3)8-9/h8H,4-6H2,1-3H3. The molecule has 9 heavy (non-hydrogen) atoms. The van der Waals surface area contributed by atoms with Crippen LogP contribution in [0.15, 0.2) is 0 Å². The highest BCUT2D eigenvalue weighted by Gasteiger charge is 2.41. The van der Waals surface area contributed by atoms with E-state index in [9.17, 15) is 0 Å². The Morgan fingerprint density at radius 3 is 2.33 bits per heavy atom. The van der Waals surface area contributed by atoms with Crippen LogP contribution in [0.2, 0.25) is 0 Å². The molecule has 0 aromatic carbocycles. The molecule has 1 aliphatic rings. The fourth-order valence-corrected chi connectivity index (χ4v) is 0.957. The molecule has 1 heterocycles. The van der Waals surface area contributed by atoms with Crippen molar-refractivity contribution in [3.8, 4) is 0 Å². The molecule has 1 aliphatic heterocycles. The van der Waals surface area contributed by atoms with Crippen molar-refractivity contribution in [2.75, 3.05) is 6.54 Å². The molecule has 0 aromatic heterocycles. The summed E-state index contributed by atoms with van der Waals surface area (Å²) in [4.78, 5) is 0. The normalized spacial score (nSPS) is 30.3. The summed E-state index contributed by atoms with van der Waals surface area (Å²) < 4.78 is 0. The zero-order valence-corrected chi connectivity index (χ0v) is 6.57. The van der Waals surface area contributed by atoms with Crippen molar-refractivity contribution >= 4 is 0 Å². The highest BCUT2D eigenvalue weighted by molar-refractivity contribution is 4.87. The third-order valence-electron chi connectivity index (χ3n) is 1.77. The number of unbranched alkanes of at least 4 members (excludes halogenated alkanes) is 1. The fraction of sp³-hybridized carbons (Fsp3) is 1.00. The van der Waals surface area contributed by atoms with Gasteiger partial charge in [-0.25, -0.2) is 10.4 Å². The van der Waals surface area contributed by atoms with Gasteiger partial charge < -0.3 is 0 Å². The topological polar surface area (TPSA) is 25.0 Å². The Hall–Kier alpha value is -0.0800. The SMILES string of the molecule is CCCCN1NC1(C)C. The molecular formula is C7H16N2. The summed E-state index contributed by atoms with van der Waals surface area (Å²) in [6, 6.07) is 0. The first kappa shape index (κ1) is 7.03. The molecule has 1 fully saturated rings. The minimum Gasteiger partial charge on any atom is -0.233 e. The second-order valence-corrected chi connectivity index (χ2v) is 3.18. The molecule has 0 amide bonds. The lowest BCUT2D eigenvalue weighted by molar-refractivity contribution is 0.423. The van der Waals surface area contributed by atoms with Gasteiger partial charge in [-0.2, -0.15) is 0 Å². The number of hydrazine groups is 1. The number of rotatable bonds is 3. The van der Waals surface area contributed by atoms with E-state index in [2.05, 4.69) is 31.2 Å². The fourth-order valence-electron chi connectivity index (χ4n) is 0.957. The van der Waals surface area contributed by atoms with E-state index in [1.165, 1.54) is 19.4 Å². The van der Waals surface area contributed by atoms with Gasteiger partial charge >= 0.3 is 0 Å². The van der Waals surface area contributed by atoms with Crippen LogP contribution in [-0.2, 0) is 0 Å². The minimum absolute atomic E-state index is 0.301. The predicted octanol–water partition coefficient (Wildman–Crippen LogP) is 1.34. The van der Waals surface area contributed by atoms with Crippen molar-refractivity contribution in [2.24, 2.45) is 0 Å². The molecule has 1 atom stereocenters. The van der Waals surface area contributed by atoms with Gasteiger partial charge in [0.2, 0.25) is 0 Å². The van der Waals surface area contributed by atoms with Crippen molar-refractivity contribution < 1.29 is 0 Å². The van der Waals surface area contributed by atoms with Gasteiger partial charge in [0.1, 0.15) is 0 Å². The summed E-state index contributed by atoms with van der Waals surface area (Å²) in [6.45, 7) is 7.81. The van der Waals surface area contributed by atoms with Crippen LogP contribution in [0.1, 0.15) is 33.6 Å². The Kier molecular flexibility index (Phi) is 1.78. The minimum atomic E-state index is 0.301. The quantitative estimate of drug-likeness (QED) is 0.580. The average Bonchev–Trinajstić information content (AvgIpc) is 2.35. The molecule has 0 radical (unpaired) electrons. The maximum absolute atomic E-state index is 3.28. The largest absolute Gasteiger partial charge is 0.233 e. The van der Waals surface area contributed by atoms with E-state index in [-0.39, 0.29) is 0 Å². The van der Waals surface area contributed by atoms with Gasteiger partial charge in [0.25, 0.3) is 0 Å². The van der Waals surface area contributed by atoms with Crippen LogP contribution >= 0.6 is 0 Å². The van der Waals surface area contributed by atoms with Gasteiger partial charge in [-0.15, -0.1) is 0 Å². The van der Waals surface area contributed by atoms with Crippen LogP contribution in [0.3, 0.4) is 0 Å². The van der Waals surface area contributed by atoms with E-state index in [1.54, 1.807) is 0 Å². The summed E-state index contributed by atoms with van der Waals surface area (Å²) in [5.74, 6) is 0. The van der Waals surface area contributed by atoms with E-state index in [0.29, 0.717) is 5.66 Å². The van der Waals surface area contributed by atoms with Gasteiger partial charge in [0, 0.05) is 6.54 Å². The van der Waals surface area contributed by atoms with Crippen LogP contribution in [0.5, 0.6) is 0 Å². The Balaban J connectivity index is 2.06. The van der Waals surface area contributed by atoms with Gasteiger partial charge in [-0.05, 0) is 20.3 Å². The Bertz CT molecular complexity index is 99.1. The Morgan fingerprint density at radius 2 is 2.00 bits per heavy atom. The van der Waals surface area contributed by atoms with Crippen LogP contribution in [0, 0.1) is 0 Å². The molecule has 1 unspecified atom stereocenters. The number of hydrogen-bond acceptors (Lipinski definition) is 2. The highest BCUT2D eigenvalue weighted by Crippen LogP contribution is 2.22.